The van der Waals surface area contributed by atoms with Gasteiger partial charge >= 0.3 is 0 Å². The molecule has 2 amide bonds. The number of nitrogens with one attached hydrogen (secondary N) is 1. The lowest BCUT2D eigenvalue weighted by molar-refractivity contribution is -0.129. The predicted molar refractivity (Wildman–Crippen MR) is 118 cm³/mol. The average Bonchev–Trinajstić information content (AvgIpc) is 2.71. The van der Waals surface area contributed by atoms with E-state index in [2.05, 4.69) is 10.3 Å². The van der Waals surface area contributed by atoms with Crippen LogP contribution in [0.25, 0.3) is 0 Å². The first-order valence-corrected chi connectivity index (χ1v) is 10.4. The number of benzene rings is 2. The van der Waals surface area contributed by atoms with E-state index in [1.54, 1.807) is 36.3 Å². The van der Waals surface area contributed by atoms with Gasteiger partial charge in [0.25, 0.3) is 0 Å². The molecule has 152 valence electrons. The van der Waals surface area contributed by atoms with Crippen molar-refractivity contribution in [3.8, 4) is 5.75 Å². The zero-order valence-corrected chi connectivity index (χ0v) is 18.0. The molecule has 2 aromatic rings. The summed E-state index contributed by atoms with van der Waals surface area (Å²) >= 11 is 7.42. The van der Waals surface area contributed by atoms with Gasteiger partial charge in [-0.1, -0.05) is 29.4 Å². The monoisotopic (exact) mass is 431 g/mol. The largest absolute Gasteiger partial charge is 0.497 e. The number of aliphatic imine (C=N–C) groups is 1. The van der Waals surface area contributed by atoms with Crippen LogP contribution in [0.3, 0.4) is 0 Å². The molecule has 0 bridgehead atoms. The summed E-state index contributed by atoms with van der Waals surface area (Å²) in [6.45, 7) is 4.27. The molecule has 1 heterocycles. The van der Waals surface area contributed by atoms with Gasteiger partial charge in [-0.15, -0.1) is 0 Å². The number of rotatable bonds is 5. The lowest BCUT2D eigenvalue weighted by atomic mass is 10.2. The van der Waals surface area contributed by atoms with Crippen LogP contribution in [0.15, 0.2) is 47.5 Å². The van der Waals surface area contributed by atoms with Gasteiger partial charge in [-0.25, -0.2) is 4.99 Å². The molecule has 1 saturated heterocycles. The van der Waals surface area contributed by atoms with Crippen molar-refractivity contribution >= 4 is 51.7 Å². The van der Waals surface area contributed by atoms with Crippen LogP contribution >= 0.6 is 23.4 Å². The molecule has 1 fully saturated rings. The lowest BCUT2D eigenvalue weighted by Gasteiger charge is -2.31. The summed E-state index contributed by atoms with van der Waals surface area (Å²) in [4.78, 5) is 31.6. The molecular weight excluding hydrogens is 410 g/mol. The molecule has 1 aliphatic rings. The first-order valence-electron chi connectivity index (χ1n) is 9.18. The van der Waals surface area contributed by atoms with Crippen LogP contribution in [-0.2, 0) is 9.59 Å². The molecule has 8 heteroatoms. The Kier molecular flexibility index (Phi) is 6.82. The van der Waals surface area contributed by atoms with E-state index in [-0.39, 0.29) is 18.2 Å². The molecule has 1 N–H and O–H groups in total. The highest BCUT2D eigenvalue weighted by molar-refractivity contribution is 8.15. The Morgan fingerprint density at radius 1 is 1.31 bits per heavy atom. The third-order valence-corrected chi connectivity index (χ3v) is 6.08. The maximum atomic E-state index is 12.8. The van der Waals surface area contributed by atoms with E-state index in [4.69, 9.17) is 16.3 Å². The second-order valence-corrected chi connectivity index (χ2v) is 8.07. The van der Waals surface area contributed by atoms with Crippen molar-refractivity contribution in [1.29, 1.82) is 0 Å². The minimum Gasteiger partial charge on any atom is -0.497 e. The van der Waals surface area contributed by atoms with E-state index in [0.29, 0.717) is 28.1 Å². The second kappa shape index (κ2) is 9.33. The Morgan fingerprint density at radius 2 is 2.03 bits per heavy atom. The Hall–Kier alpha value is -2.51. The molecule has 1 atom stereocenters. The van der Waals surface area contributed by atoms with E-state index < -0.39 is 5.25 Å². The lowest BCUT2D eigenvalue weighted by Crippen LogP contribution is -2.45. The summed E-state index contributed by atoms with van der Waals surface area (Å²) in [5.74, 6) is 0.352. The number of thioether (sulfide) groups is 1. The molecular formula is C21H22ClN3O3S. The van der Waals surface area contributed by atoms with Crippen LogP contribution < -0.4 is 10.1 Å². The molecule has 0 aliphatic carbocycles. The zero-order chi connectivity index (χ0) is 21.0. The maximum absolute atomic E-state index is 12.8. The SMILES string of the molecule is CCN1C(=O)CC(C(=O)Nc2ccc(C)c(Cl)c2)SC1=Nc1ccc(OC)cc1. The molecule has 0 saturated carbocycles. The summed E-state index contributed by atoms with van der Waals surface area (Å²) in [6, 6.07) is 12.6. The summed E-state index contributed by atoms with van der Waals surface area (Å²) in [5.41, 5.74) is 2.22. The number of anilines is 1. The Morgan fingerprint density at radius 3 is 2.66 bits per heavy atom. The van der Waals surface area contributed by atoms with E-state index in [9.17, 15) is 9.59 Å². The normalized spacial score (nSPS) is 18.1. The van der Waals surface area contributed by atoms with Gasteiger partial charge in [0.05, 0.1) is 12.8 Å². The summed E-state index contributed by atoms with van der Waals surface area (Å²) in [7, 11) is 1.60. The van der Waals surface area contributed by atoms with E-state index >= 15 is 0 Å². The Balaban J connectivity index is 1.79. The number of hydrogen-bond donors (Lipinski definition) is 1. The number of methoxy groups -OCH3 is 1. The smallest absolute Gasteiger partial charge is 0.238 e. The highest BCUT2D eigenvalue weighted by Crippen LogP contribution is 2.30. The van der Waals surface area contributed by atoms with Crippen LogP contribution in [0, 0.1) is 6.92 Å². The zero-order valence-electron chi connectivity index (χ0n) is 16.4. The summed E-state index contributed by atoms with van der Waals surface area (Å²) < 4.78 is 5.16. The van der Waals surface area contributed by atoms with Crippen molar-refractivity contribution in [3.63, 3.8) is 0 Å². The van der Waals surface area contributed by atoms with Gasteiger partial charge in [0.2, 0.25) is 11.8 Å². The standard InChI is InChI=1S/C21H22ClN3O3S/c1-4-25-19(26)12-18(20(27)23-15-6-5-13(2)17(22)11-15)29-21(25)24-14-7-9-16(28-3)10-8-14/h5-11,18H,4,12H2,1-3H3,(H,23,27). The third kappa shape index (κ3) is 5.10. The van der Waals surface area contributed by atoms with Crippen molar-refractivity contribution in [2.75, 3.05) is 19.0 Å². The van der Waals surface area contributed by atoms with Gasteiger partial charge in [0.15, 0.2) is 5.17 Å². The fraction of sp³-hybridized carbons (Fsp3) is 0.286. The summed E-state index contributed by atoms with van der Waals surface area (Å²) in [5, 5.41) is 3.37. The van der Waals surface area contributed by atoms with Crippen molar-refractivity contribution in [1.82, 2.24) is 4.90 Å². The number of halogens is 1. The third-order valence-electron chi connectivity index (χ3n) is 4.48. The first-order chi connectivity index (χ1) is 13.9. The number of amidine groups is 1. The van der Waals surface area contributed by atoms with Gasteiger partial charge in [-0.05, 0) is 55.8 Å². The van der Waals surface area contributed by atoms with Crippen molar-refractivity contribution in [2.45, 2.75) is 25.5 Å². The summed E-state index contributed by atoms with van der Waals surface area (Å²) in [6.07, 6.45) is 0.117. The number of nitrogens with zero attached hydrogens (tertiary/aromatic N) is 2. The highest BCUT2D eigenvalue weighted by Gasteiger charge is 2.35. The minimum atomic E-state index is -0.567. The van der Waals surface area contributed by atoms with Crippen LogP contribution in [-0.4, -0.2) is 40.8 Å². The molecule has 3 rings (SSSR count). The number of amides is 2. The van der Waals surface area contributed by atoms with E-state index in [0.717, 1.165) is 11.3 Å². The number of ether oxygens (including phenoxy) is 1. The quantitative estimate of drug-likeness (QED) is 0.748. The topological polar surface area (TPSA) is 71.0 Å². The molecule has 0 aromatic heterocycles. The van der Waals surface area contributed by atoms with Crippen LogP contribution in [0.5, 0.6) is 5.75 Å². The molecule has 2 aromatic carbocycles. The van der Waals surface area contributed by atoms with Crippen molar-refractivity contribution in [2.24, 2.45) is 4.99 Å². The minimum absolute atomic E-state index is 0.117. The highest BCUT2D eigenvalue weighted by atomic mass is 35.5. The second-order valence-electron chi connectivity index (χ2n) is 6.49. The van der Waals surface area contributed by atoms with Gasteiger partial charge < -0.3 is 10.1 Å². The Labute approximate surface area is 179 Å². The van der Waals surface area contributed by atoms with Gasteiger partial charge in [0.1, 0.15) is 11.0 Å². The van der Waals surface area contributed by atoms with E-state index in [1.165, 1.54) is 11.8 Å². The number of hydrogen-bond acceptors (Lipinski definition) is 5. The van der Waals surface area contributed by atoms with Crippen LogP contribution in [0.4, 0.5) is 11.4 Å². The molecule has 1 unspecified atom stereocenters. The predicted octanol–water partition coefficient (Wildman–Crippen LogP) is 4.64. The fourth-order valence-corrected chi connectivity index (χ4v) is 4.16. The Bertz CT molecular complexity index is 947. The molecule has 1 aliphatic heterocycles. The van der Waals surface area contributed by atoms with Crippen molar-refractivity contribution in [3.05, 3.63) is 53.1 Å². The number of carbonyl (C=O) groups excluding carboxylic acids is 2. The number of carbonyl (C=O) groups is 2. The van der Waals surface area contributed by atoms with Crippen LogP contribution in [0.1, 0.15) is 18.9 Å². The molecule has 0 spiro atoms. The molecule has 6 nitrogen and oxygen atoms in total. The maximum Gasteiger partial charge on any atom is 0.238 e. The molecule has 29 heavy (non-hydrogen) atoms. The average molecular weight is 432 g/mol. The van der Waals surface area contributed by atoms with Gasteiger partial charge in [-0.3, -0.25) is 14.5 Å². The van der Waals surface area contributed by atoms with Gasteiger partial charge in [0, 0.05) is 23.7 Å². The first kappa shape index (κ1) is 21.2. The van der Waals surface area contributed by atoms with Crippen molar-refractivity contribution < 1.29 is 14.3 Å². The fourth-order valence-electron chi connectivity index (χ4n) is 2.81. The molecule has 0 radical (unpaired) electrons. The number of aryl methyl sites for hydroxylation is 1. The van der Waals surface area contributed by atoms with Crippen LogP contribution in [0.2, 0.25) is 5.02 Å². The van der Waals surface area contributed by atoms with E-state index in [1.807, 2.05) is 32.0 Å². The van der Waals surface area contributed by atoms with Gasteiger partial charge in [-0.2, -0.15) is 0 Å².